The summed E-state index contributed by atoms with van der Waals surface area (Å²) < 4.78 is 5.88. The Hall–Kier alpha value is -0.980. The van der Waals surface area contributed by atoms with Gasteiger partial charge in [0.05, 0.1) is 0 Å². The molecule has 2 aliphatic carbocycles. The molecule has 2 atom stereocenters. The second kappa shape index (κ2) is 2.76. The van der Waals surface area contributed by atoms with Gasteiger partial charge in [0.2, 0.25) is 0 Å². The Morgan fingerprint density at radius 2 is 2.23 bits per heavy atom. The third kappa shape index (κ3) is 1.06. The predicted octanol–water partition coefficient (Wildman–Crippen LogP) is 2.96. The number of hydrogen-bond acceptors (Lipinski definition) is 1. The first-order chi connectivity index (χ1) is 6.45. The van der Waals surface area contributed by atoms with E-state index >= 15 is 0 Å². The molecule has 0 N–H and O–H groups in total. The summed E-state index contributed by atoms with van der Waals surface area (Å²) in [6.45, 7) is 0. The number of fused-ring (bicyclic) bond motifs is 2. The Kier molecular flexibility index (Phi) is 1.58. The highest BCUT2D eigenvalue weighted by Crippen LogP contribution is 2.41. The molecule has 0 aromatic carbocycles. The molecule has 1 nitrogen and oxygen atoms in total. The van der Waals surface area contributed by atoms with Crippen molar-refractivity contribution < 1.29 is 4.74 Å². The van der Waals surface area contributed by atoms with Crippen LogP contribution >= 0.6 is 0 Å². The lowest BCUT2D eigenvalue weighted by Crippen LogP contribution is -2.18. The predicted molar refractivity (Wildman–Crippen MR) is 52.1 cm³/mol. The average Bonchev–Trinajstić information content (AvgIpc) is 2.56. The summed E-state index contributed by atoms with van der Waals surface area (Å²) in [4.78, 5) is 0. The molecule has 2 unspecified atom stereocenters. The van der Waals surface area contributed by atoms with Gasteiger partial charge in [-0.1, -0.05) is 12.2 Å². The van der Waals surface area contributed by atoms with E-state index in [9.17, 15) is 0 Å². The number of hydrogen-bond donors (Lipinski definition) is 0. The Labute approximate surface area is 78.8 Å². The van der Waals surface area contributed by atoms with Gasteiger partial charge < -0.3 is 4.74 Å². The van der Waals surface area contributed by atoms with E-state index in [0.29, 0.717) is 12.0 Å². The second-order valence-electron chi connectivity index (χ2n) is 4.02. The standard InChI is InChI=1S/C12H14O/c1-3-7-11-9(5-1)10-6-2-4-8-12(10)13-11/h3-4,7-9,11H,1-2,5-6H2. The highest BCUT2D eigenvalue weighted by atomic mass is 16.5. The molecule has 0 amide bonds. The van der Waals surface area contributed by atoms with E-state index < -0.39 is 0 Å². The molecule has 1 aliphatic heterocycles. The summed E-state index contributed by atoms with van der Waals surface area (Å²) in [7, 11) is 0. The Bertz CT molecular complexity index is 309. The Morgan fingerprint density at radius 1 is 1.23 bits per heavy atom. The van der Waals surface area contributed by atoms with Gasteiger partial charge in [0.15, 0.2) is 0 Å². The average molecular weight is 174 g/mol. The molecular weight excluding hydrogens is 160 g/mol. The Morgan fingerprint density at radius 3 is 3.23 bits per heavy atom. The zero-order chi connectivity index (χ0) is 8.67. The quantitative estimate of drug-likeness (QED) is 0.513. The van der Waals surface area contributed by atoms with Crippen molar-refractivity contribution in [3.05, 3.63) is 35.6 Å². The van der Waals surface area contributed by atoms with Crippen LogP contribution in [-0.4, -0.2) is 6.10 Å². The second-order valence-corrected chi connectivity index (χ2v) is 4.02. The van der Waals surface area contributed by atoms with Gasteiger partial charge in [-0.2, -0.15) is 0 Å². The maximum absolute atomic E-state index is 5.88. The monoisotopic (exact) mass is 174 g/mol. The fourth-order valence-corrected chi connectivity index (χ4v) is 2.59. The summed E-state index contributed by atoms with van der Waals surface area (Å²) in [6.07, 6.45) is 14.2. The highest BCUT2D eigenvalue weighted by Gasteiger charge is 2.35. The summed E-state index contributed by atoms with van der Waals surface area (Å²) in [5.74, 6) is 1.87. The fraction of sp³-hybridized carbons (Fsp3) is 0.500. The van der Waals surface area contributed by atoms with E-state index in [-0.39, 0.29) is 0 Å². The molecule has 1 heterocycles. The van der Waals surface area contributed by atoms with Crippen molar-refractivity contribution in [2.75, 3.05) is 0 Å². The molecule has 3 aliphatic rings. The van der Waals surface area contributed by atoms with Gasteiger partial charge in [-0.15, -0.1) is 0 Å². The first-order valence-electron chi connectivity index (χ1n) is 5.18. The summed E-state index contributed by atoms with van der Waals surface area (Å²) >= 11 is 0. The first kappa shape index (κ1) is 7.43. The van der Waals surface area contributed by atoms with Crippen LogP contribution in [0.1, 0.15) is 25.7 Å². The first-order valence-corrected chi connectivity index (χ1v) is 5.18. The third-order valence-electron chi connectivity index (χ3n) is 3.24. The molecule has 0 saturated carbocycles. The minimum absolute atomic E-state index is 0.362. The lowest BCUT2D eigenvalue weighted by molar-refractivity contribution is 0.153. The van der Waals surface area contributed by atoms with E-state index in [1.807, 2.05) is 0 Å². The summed E-state index contributed by atoms with van der Waals surface area (Å²) in [5.41, 5.74) is 1.58. The number of ether oxygens (including phenoxy) is 1. The molecule has 0 saturated heterocycles. The summed E-state index contributed by atoms with van der Waals surface area (Å²) in [5, 5.41) is 0. The topological polar surface area (TPSA) is 9.23 Å². The van der Waals surface area contributed by atoms with Gasteiger partial charge in [0.25, 0.3) is 0 Å². The van der Waals surface area contributed by atoms with Crippen molar-refractivity contribution in [2.24, 2.45) is 5.92 Å². The molecule has 0 fully saturated rings. The third-order valence-corrected chi connectivity index (χ3v) is 3.24. The minimum Gasteiger partial charge on any atom is -0.486 e. The molecule has 3 rings (SSSR count). The molecule has 0 bridgehead atoms. The van der Waals surface area contributed by atoms with E-state index in [2.05, 4.69) is 24.3 Å². The van der Waals surface area contributed by atoms with Crippen LogP contribution in [0.3, 0.4) is 0 Å². The molecule has 0 radical (unpaired) electrons. The van der Waals surface area contributed by atoms with E-state index in [4.69, 9.17) is 4.74 Å². The molecule has 0 aromatic heterocycles. The normalized spacial score (nSPS) is 35.7. The number of rotatable bonds is 0. The van der Waals surface area contributed by atoms with Crippen LogP contribution in [-0.2, 0) is 4.74 Å². The van der Waals surface area contributed by atoms with Crippen molar-refractivity contribution in [1.82, 2.24) is 0 Å². The largest absolute Gasteiger partial charge is 0.486 e. The van der Waals surface area contributed by atoms with Crippen molar-refractivity contribution in [3.63, 3.8) is 0 Å². The zero-order valence-corrected chi connectivity index (χ0v) is 7.70. The van der Waals surface area contributed by atoms with E-state index in [0.717, 1.165) is 0 Å². The SMILES string of the molecule is C1=CC2=C(CC1)C1CCC=CC1O2. The van der Waals surface area contributed by atoms with Crippen LogP contribution in [0.5, 0.6) is 0 Å². The lowest BCUT2D eigenvalue weighted by Gasteiger charge is -2.21. The van der Waals surface area contributed by atoms with Crippen LogP contribution in [0.25, 0.3) is 0 Å². The molecule has 0 aromatic rings. The van der Waals surface area contributed by atoms with Gasteiger partial charge in [-0.05, 0) is 43.4 Å². The smallest absolute Gasteiger partial charge is 0.123 e. The van der Waals surface area contributed by atoms with E-state index in [1.54, 1.807) is 5.57 Å². The maximum Gasteiger partial charge on any atom is 0.123 e. The highest BCUT2D eigenvalue weighted by molar-refractivity contribution is 5.33. The molecule has 0 spiro atoms. The van der Waals surface area contributed by atoms with Gasteiger partial charge in [-0.25, -0.2) is 0 Å². The molecular formula is C12H14O. The van der Waals surface area contributed by atoms with Crippen LogP contribution in [0.15, 0.2) is 35.6 Å². The fourth-order valence-electron chi connectivity index (χ4n) is 2.59. The summed E-state index contributed by atoms with van der Waals surface area (Å²) in [6, 6.07) is 0. The maximum atomic E-state index is 5.88. The number of allylic oxidation sites excluding steroid dienone is 3. The van der Waals surface area contributed by atoms with Crippen molar-refractivity contribution in [2.45, 2.75) is 31.8 Å². The van der Waals surface area contributed by atoms with Crippen molar-refractivity contribution in [3.8, 4) is 0 Å². The van der Waals surface area contributed by atoms with Crippen LogP contribution in [0.4, 0.5) is 0 Å². The minimum atomic E-state index is 0.362. The van der Waals surface area contributed by atoms with Gasteiger partial charge in [-0.3, -0.25) is 0 Å². The van der Waals surface area contributed by atoms with E-state index in [1.165, 1.54) is 31.4 Å². The van der Waals surface area contributed by atoms with Crippen LogP contribution < -0.4 is 0 Å². The van der Waals surface area contributed by atoms with Gasteiger partial charge >= 0.3 is 0 Å². The van der Waals surface area contributed by atoms with Crippen LogP contribution in [0, 0.1) is 5.92 Å². The van der Waals surface area contributed by atoms with Gasteiger partial charge in [0.1, 0.15) is 11.9 Å². The van der Waals surface area contributed by atoms with Crippen LogP contribution in [0.2, 0.25) is 0 Å². The molecule has 13 heavy (non-hydrogen) atoms. The molecule has 68 valence electrons. The molecule has 1 heteroatoms. The zero-order valence-electron chi connectivity index (χ0n) is 7.70. The Balaban J connectivity index is 1.95. The van der Waals surface area contributed by atoms with Gasteiger partial charge in [0, 0.05) is 5.92 Å². The van der Waals surface area contributed by atoms with Crippen molar-refractivity contribution >= 4 is 0 Å². The van der Waals surface area contributed by atoms with Crippen molar-refractivity contribution in [1.29, 1.82) is 0 Å². The lowest BCUT2D eigenvalue weighted by atomic mass is 9.83.